The maximum absolute atomic E-state index is 14.4. The van der Waals surface area contributed by atoms with Crippen LogP contribution in [0.2, 0.25) is 0 Å². The summed E-state index contributed by atoms with van der Waals surface area (Å²) in [5.41, 5.74) is 3.79. The third-order valence-electron chi connectivity index (χ3n) is 4.87. The number of nitrogens with one attached hydrogen (secondary N) is 1. The molecule has 7 heteroatoms. The number of benzene rings is 1. The van der Waals surface area contributed by atoms with E-state index < -0.39 is 0 Å². The summed E-state index contributed by atoms with van der Waals surface area (Å²) in [7, 11) is 0. The number of halogens is 2. The standard InChI is InChI=1S/C18H21FN4O.ClH/c1-12-5-6-16(14(19)11-12)23-15-4-2-3-13(15)17(21-23)18(24)22-9-7-20-8-10-22;/h5-6,11,20H,2-4,7-10H2,1H3;1H. The minimum atomic E-state index is -0.298. The van der Waals surface area contributed by atoms with Gasteiger partial charge in [-0.15, -0.1) is 12.4 Å². The van der Waals surface area contributed by atoms with Gasteiger partial charge in [0.15, 0.2) is 5.69 Å². The average Bonchev–Trinajstić information content (AvgIpc) is 3.18. The summed E-state index contributed by atoms with van der Waals surface area (Å²) < 4.78 is 16.1. The fourth-order valence-electron chi connectivity index (χ4n) is 3.61. The molecule has 1 amide bonds. The highest BCUT2D eigenvalue weighted by molar-refractivity contribution is 5.94. The highest BCUT2D eigenvalue weighted by Gasteiger charge is 2.30. The highest BCUT2D eigenvalue weighted by atomic mass is 35.5. The van der Waals surface area contributed by atoms with E-state index in [1.807, 2.05) is 17.9 Å². The maximum atomic E-state index is 14.4. The van der Waals surface area contributed by atoms with Crippen LogP contribution in [0.1, 0.15) is 33.7 Å². The molecular weight excluding hydrogens is 343 g/mol. The number of carbonyl (C=O) groups excluding carboxylic acids is 1. The van der Waals surface area contributed by atoms with Crippen molar-refractivity contribution >= 4 is 18.3 Å². The second-order valence-electron chi connectivity index (χ2n) is 6.54. The van der Waals surface area contributed by atoms with Crippen LogP contribution in [0.4, 0.5) is 4.39 Å². The Labute approximate surface area is 152 Å². The molecule has 2 heterocycles. The first kappa shape index (κ1) is 17.9. The first-order valence-corrected chi connectivity index (χ1v) is 8.52. The highest BCUT2D eigenvalue weighted by Crippen LogP contribution is 2.29. The number of fused-ring (bicyclic) bond motifs is 1. The Morgan fingerprint density at radius 3 is 2.72 bits per heavy atom. The lowest BCUT2D eigenvalue weighted by atomic mass is 10.1. The van der Waals surface area contributed by atoms with Crippen LogP contribution in [0.25, 0.3) is 5.69 Å². The minimum Gasteiger partial charge on any atom is -0.335 e. The lowest BCUT2D eigenvalue weighted by Crippen LogP contribution is -2.46. The zero-order valence-corrected chi connectivity index (χ0v) is 15.0. The first-order valence-electron chi connectivity index (χ1n) is 8.52. The van der Waals surface area contributed by atoms with Crippen LogP contribution >= 0.6 is 12.4 Å². The van der Waals surface area contributed by atoms with E-state index >= 15 is 0 Å². The van der Waals surface area contributed by atoms with Gasteiger partial charge in [0.2, 0.25) is 0 Å². The van der Waals surface area contributed by atoms with Crippen molar-refractivity contribution in [3.63, 3.8) is 0 Å². The van der Waals surface area contributed by atoms with Crippen LogP contribution in [-0.2, 0) is 12.8 Å². The summed E-state index contributed by atoms with van der Waals surface area (Å²) in [4.78, 5) is 14.7. The van der Waals surface area contributed by atoms with E-state index in [0.717, 1.165) is 49.2 Å². The molecule has 5 nitrogen and oxygen atoms in total. The summed E-state index contributed by atoms with van der Waals surface area (Å²) in [5, 5.41) is 7.78. The fourth-order valence-corrected chi connectivity index (χ4v) is 3.61. The van der Waals surface area contributed by atoms with Gasteiger partial charge in [0, 0.05) is 37.4 Å². The predicted molar refractivity (Wildman–Crippen MR) is 96.3 cm³/mol. The summed E-state index contributed by atoms with van der Waals surface area (Å²) in [6, 6.07) is 5.13. The molecule has 0 bridgehead atoms. The molecule has 0 radical (unpaired) electrons. The maximum Gasteiger partial charge on any atom is 0.274 e. The van der Waals surface area contributed by atoms with Gasteiger partial charge in [-0.25, -0.2) is 9.07 Å². The SMILES string of the molecule is Cc1ccc(-n2nc(C(=O)N3CCNCC3)c3c2CCC3)c(F)c1.Cl. The molecular formula is C18H22ClFN4O. The van der Waals surface area contributed by atoms with Gasteiger partial charge in [-0.2, -0.15) is 5.10 Å². The quantitative estimate of drug-likeness (QED) is 0.889. The predicted octanol–water partition coefficient (Wildman–Crippen LogP) is 2.28. The summed E-state index contributed by atoms with van der Waals surface area (Å²) in [6.45, 7) is 4.86. The van der Waals surface area contributed by atoms with Crippen LogP contribution in [0.3, 0.4) is 0 Å². The van der Waals surface area contributed by atoms with Crippen molar-refractivity contribution in [2.75, 3.05) is 26.2 Å². The van der Waals surface area contributed by atoms with Gasteiger partial charge in [0.25, 0.3) is 5.91 Å². The number of hydrogen-bond donors (Lipinski definition) is 1. The first-order chi connectivity index (χ1) is 11.6. The van der Waals surface area contributed by atoms with E-state index in [0.29, 0.717) is 24.5 Å². The van der Waals surface area contributed by atoms with Gasteiger partial charge in [0.05, 0.1) is 0 Å². The van der Waals surface area contributed by atoms with Crippen molar-refractivity contribution in [3.05, 3.63) is 46.5 Å². The number of carbonyl (C=O) groups is 1. The zero-order valence-electron chi connectivity index (χ0n) is 14.2. The summed E-state index contributed by atoms with van der Waals surface area (Å²) in [6.07, 6.45) is 2.67. The van der Waals surface area contributed by atoms with E-state index in [4.69, 9.17) is 0 Å². The second kappa shape index (κ2) is 7.14. The minimum absolute atomic E-state index is 0. The Morgan fingerprint density at radius 1 is 1.24 bits per heavy atom. The lowest BCUT2D eigenvalue weighted by Gasteiger charge is -2.26. The van der Waals surface area contributed by atoms with E-state index in [1.165, 1.54) is 6.07 Å². The van der Waals surface area contributed by atoms with E-state index in [9.17, 15) is 9.18 Å². The number of aryl methyl sites for hydroxylation is 1. The molecule has 1 aliphatic carbocycles. The van der Waals surface area contributed by atoms with Crippen molar-refractivity contribution in [3.8, 4) is 5.69 Å². The number of nitrogens with zero attached hydrogens (tertiary/aromatic N) is 3. The van der Waals surface area contributed by atoms with Crippen molar-refractivity contribution in [2.45, 2.75) is 26.2 Å². The number of rotatable bonds is 2. The van der Waals surface area contributed by atoms with Crippen molar-refractivity contribution in [1.29, 1.82) is 0 Å². The normalized spacial score (nSPS) is 16.5. The Kier molecular flexibility index (Phi) is 5.11. The van der Waals surface area contributed by atoms with E-state index in [1.54, 1.807) is 10.7 Å². The van der Waals surface area contributed by atoms with Crippen molar-refractivity contribution in [2.24, 2.45) is 0 Å². The number of hydrogen-bond acceptors (Lipinski definition) is 3. The Morgan fingerprint density at radius 2 is 2.00 bits per heavy atom. The molecule has 1 aliphatic heterocycles. The molecule has 1 saturated heterocycles. The molecule has 0 spiro atoms. The number of piperazine rings is 1. The van der Waals surface area contributed by atoms with E-state index in [2.05, 4.69) is 10.4 Å². The van der Waals surface area contributed by atoms with Gasteiger partial charge in [-0.3, -0.25) is 4.79 Å². The van der Waals surface area contributed by atoms with Crippen LogP contribution in [0.15, 0.2) is 18.2 Å². The van der Waals surface area contributed by atoms with Gasteiger partial charge in [0.1, 0.15) is 11.5 Å². The monoisotopic (exact) mass is 364 g/mol. The van der Waals surface area contributed by atoms with Crippen molar-refractivity contribution < 1.29 is 9.18 Å². The van der Waals surface area contributed by atoms with E-state index in [-0.39, 0.29) is 24.1 Å². The fraction of sp³-hybridized carbons (Fsp3) is 0.444. The molecule has 4 rings (SSSR count). The largest absolute Gasteiger partial charge is 0.335 e. The third-order valence-corrected chi connectivity index (χ3v) is 4.87. The third kappa shape index (κ3) is 3.16. The van der Waals surface area contributed by atoms with Gasteiger partial charge in [-0.1, -0.05) is 6.07 Å². The lowest BCUT2D eigenvalue weighted by molar-refractivity contribution is 0.0728. The van der Waals surface area contributed by atoms with Gasteiger partial charge in [-0.05, 0) is 43.9 Å². The Hall–Kier alpha value is -1.92. The molecule has 0 atom stereocenters. The summed E-state index contributed by atoms with van der Waals surface area (Å²) in [5.74, 6) is -0.325. The molecule has 1 aromatic carbocycles. The van der Waals surface area contributed by atoms with Crippen LogP contribution in [-0.4, -0.2) is 46.8 Å². The average molecular weight is 365 g/mol. The molecule has 25 heavy (non-hydrogen) atoms. The van der Waals surface area contributed by atoms with Gasteiger partial charge >= 0.3 is 0 Å². The Bertz CT molecular complexity index is 799. The Balaban J connectivity index is 0.00000182. The van der Waals surface area contributed by atoms with Gasteiger partial charge < -0.3 is 10.2 Å². The molecule has 2 aromatic rings. The molecule has 1 aromatic heterocycles. The van der Waals surface area contributed by atoms with Crippen LogP contribution < -0.4 is 5.32 Å². The molecule has 2 aliphatic rings. The summed E-state index contributed by atoms with van der Waals surface area (Å²) >= 11 is 0. The zero-order chi connectivity index (χ0) is 16.7. The van der Waals surface area contributed by atoms with Crippen LogP contribution in [0, 0.1) is 12.7 Å². The smallest absolute Gasteiger partial charge is 0.274 e. The second-order valence-corrected chi connectivity index (χ2v) is 6.54. The molecule has 134 valence electrons. The molecule has 1 N–H and O–H groups in total. The molecule has 0 unspecified atom stereocenters. The van der Waals surface area contributed by atoms with Crippen molar-refractivity contribution in [1.82, 2.24) is 20.0 Å². The van der Waals surface area contributed by atoms with Crippen LogP contribution in [0.5, 0.6) is 0 Å². The molecule has 1 fully saturated rings. The molecule has 0 saturated carbocycles. The topological polar surface area (TPSA) is 50.2 Å². The number of aromatic nitrogens is 2. The number of amides is 1.